The summed E-state index contributed by atoms with van der Waals surface area (Å²) in [5, 5.41) is 2.79. The van der Waals surface area contributed by atoms with Gasteiger partial charge in [-0.25, -0.2) is 4.98 Å². The van der Waals surface area contributed by atoms with Crippen molar-refractivity contribution in [3.63, 3.8) is 0 Å². The standard InChI is InChI=1S/C19H25N3O3/c1-6-24-17-15(12-20-18(22-17)25-7-2)21-16(23)13-8-10-14(11-9-13)19(3,4)5/h8-12H,6-7H2,1-5H3,(H,21,23). The van der Waals surface area contributed by atoms with Crippen LogP contribution >= 0.6 is 0 Å². The first-order valence-electron chi connectivity index (χ1n) is 8.39. The molecule has 1 heterocycles. The van der Waals surface area contributed by atoms with Crippen molar-refractivity contribution in [1.29, 1.82) is 0 Å². The van der Waals surface area contributed by atoms with E-state index in [1.54, 1.807) is 0 Å². The van der Waals surface area contributed by atoms with Gasteiger partial charge in [0.1, 0.15) is 5.69 Å². The molecule has 0 saturated carbocycles. The zero-order chi connectivity index (χ0) is 18.4. The Morgan fingerprint density at radius 2 is 1.72 bits per heavy atom. The number of nitrogens with one attached hydrogen (secondary N) is 1. The molecular weight excluding hydrogens is 318 g/mol. The smallest absolute Gasteiger partial charge is 0.319 e. The SMILES string of the molecule is CCOc1ncc(NC(=O)c2ccc(C(C)(C)C)cc2)c(OCC)n1. The van der Waals surface area contributed by atoms with E-state index in [-0.39, 0.29) is 17.3 Å². The van der Waals surface area contributed by atoms with Gasteiger partial charge in [0.15, 0.2) is 0 Å². The van der Waals surface area contributed by atoms with Crippen LogP contribution in [-0.2, 0) is 5.41 Å². The van der Waals surface area contributed by atoms with E-state index < -0.39 is 0 Å². The number of carbonyl (C=O) groups excluding carboxylic acids is 1. The molecule has 1 aromatic heterocycles. The molecule has 0 aliphatic heterocycles. The number of aromatic nitrogens is 2. The molecule has 0 unspecified atom stereocenters. The first kappa shape index (κ1) is 18.7. The quantitative estimate of drug-likeness (QED) is 0.863. The van der Waals surface area contributed by atoms with Gasteiger partial charge in [-0.1, -0.05) is 32.9 Å². The van der Waals surface area contributed by atoms with E-state index in [9.17, 15) is 4.79 Å². The molecule has 6 heteroatoms. The number of ether oxygens (including phenoxy) is 2. The Bertz CT molecular complexity index is 722. The largest absolute Gasteiger partial charge is 0.476 e. The lowest BCUT2D eigenvalue weighted by molar-refractivity contribution is 0.102. The number of hydrogen-bond acceptors (Lipinski definition) is 5. The minimum absolute atomic E-state index is 0.0418. The molecule has 1 aromatic carbocycles. The Morgan fingerprint density at radius 1 is 1.08 bits per heavy atom. The van der Waals surface area contributed by atoms with Crippen molar-refractivity contribution in [3.05, 3.63) is 41.6 Å². The monoisotopic (exact) mass is 343 g/mol. The van der Waals surface area contributed by atoms with Crippen molar-refractivity contribution < 1.29 is 14.3 Å². The Labute approximate surface area is 148 Å². The van der Waals surface area contributed by atoms with Crippen LogP contribution in [0, 0.1) is 0 Å². The zero-order valence-corrected chi connectivity index (χ0v) is 15.4. The van der Waals surface area contributed by atoms with Crippen LogP contribution < -0.4 is 14.8 Å². The van der Waals surface area contributed by atoms with Gasteiger partial charge in [0.05, 0.1) is 19.4 Å². The Kier molecular flexibility index (Phi) is 5.96. The van der Waals surface area contributed by atoms with Gasteiger partial charge in [0.25, 0.3) is 5.91 Å². The van der Waals surface area contributed by atoms with E-state index in [0.29, 0.717) is 30.3 Å². The van der Waals surface area contributed by atoms with E-state index >= 15 is 0 Å². The van der Waals surface area contributed by atoms with E-state index in [4.69, 9.17) is 9.47 Å². The van der Waals surface area contributed by atoms with Crippen LogP contribution in [0.1, 0.15) is 50.5 Å². The summed E-state index contributed by atoms with van der Waals surface area (Å²) >= 11 is 0. The van der Waals surface area contributed by atoms with Crippen molar-refractivity contribution in [2.45, 2.75) is 40.0 Å². The minimum atomic E-state index is -0.242. The molecule has 0 bridgehead atoms. The molecule has 0 atom stereocenters. The Morgan fingerprint density at radius 3 is 2.28 bits per heavy atom. The topological polar surface area (TPSA) is 73.3 Å². The average Bonchev–Trinajstić information content (AvgIpc) is 2.57. The van der Waals surface area contributed by atoms with Crippen LogP contribution in [0.2, 0.25) is 0 Å². The molecule has 1 amide bonds. The highest BCUT2D eigenvalue weighted by molar-refractivity contribution is 6.04. The van der Waals surface area contributed by atoms with Gasteiger partial charge < -0.3 is 14.8 Å². The predicted molar refractivity (Wildman–Crippen MR) is 97.5 cm³/mol. The summed E-state index contributed by atoms with van der Waals surface area (Å²) in [6, 6.07) is 7.77. The van der Waals surface area contributed by atoms with Crippen molar-refractivity contribution >= 4 is 11.6 Å². The van der Waals surface area contributed by atoms with E-state index in [1.165, 1.54) is 11.8 Å². The normalized spacial score (nSPS) is 11.1. The third-order valence-electron chi connectivity index (χ3n) is 3.55. The van der Waals surface area contributed by atoms with E-state index in [0.717, 1.165) is 0 Å². The van der Waals surface area contributed by atoms with Gasteiger partial charge in [-0.2, -0.15) is 4.98 Å². The lowest BCUT2D eigenvalue weighted by Crippen LogP contribution is -2.15. The second-order valence-corrected chi connectivity index (χ2v) is 6.52. The molecule has 25 heavy (non-hydrogen) atoms. The highest BCUT2D eigenvalue weighted by atomic mass is 16.5. The summed E-state index contributed by atoms with van der Waals surface area (Å²) in [5.74, 6) is 0.0507. The van der Waals surface area contributed by atoms with Gasteiger partial charge in [0.2, 0.25) is 5.88 Å². The maximum atomic E-state index is 12.5. The second-order valence-electron chi connectivity index (χ2n) is 6.52. The van der Waals surface area contributed by atoms with Crippen LogP contribution in [0.3, 0.4) is 0 Å². The number of benzene rings is 1. The first-order valence-corrected chi connectivity index (χ1v) is 8.39. The highest BCUT2D eigenvalue weighted by Gasteiger charge is 2.16. The zero-order valence-electron chi connectivity index (χ0n) is 15.4. The average molecular weight is 343 g/mol. The fraction of sp³-hybridized carbons (Fsp3) is 0.421. The summed E-state index contributed by atoms with van der Waals surface area (Å²) in [6.45, 7) is 11.0. The third-order valence-corrected chi connectivity index (χ3v) is 3.55. The summed E-state index contributed by atoms with van der Waals surface area (Å²) in [4.78, 5) is 20.7. The minimum Gasteiger partial charge on any atom is -0.476 e. The molecule has 2 rings (SSSR count). The number of amides is 1. The summed E-state index contributed by atoms with van der Waals surface area (Å²) in [7, 11) is 0. The number of hydrogen-bond donors (Lipinski definition) is 1. The van der Waals surface area contributed by atoms with Crippen LogP contribution in [0.5, 0.6) is 11.9 Å². The van der Waals surface area contributed by atoms with Crippen molar-refractivity contribution in [3.8, 4) is 11.9 Å². The van der Waals surface area contributed by atoms with Gasteiger partial charge >= 0.3 is 6.01 Å². The van der Waals surface area contributed by atoms with Crippen LogP contribution in [0.4, 0.5) is 5.69 Å². The van der Waals surface area contributed by atoms with Crippen LogP contribution in [0.15, 0.2) is 30.5 Å². The van der Waals surface area contributed by atoms with Gasteiger partial charge in [-0.3, -0.25) is 4.79 Å². The molecular formula is C19H25N3O3. The molecule has 6 nitrogen and oxygen atoms in total. The molecule has 0 radical (unpaired) electrons. The second kappa shape index (κ2) is 7.96. The fourth-order valence-electron chi connectivity index (χ4n) is 2.20. The first-order chi connectivity index (χ1) is 11.8. The molecule has 0 aliphatic carbocycles. The lowest BCUT2D eigenvalue weighted by Gasteiger charge is -2.19. The fourth-order valence-corrected chi connectivity index (χ4v) is 2.20. The number of rotatable bonds is 6. The van der Waals surface area contributed by atoms with E-state index in [1.807, 2.05) is 38.1 Å². The van der Waals surface area contributed by atoms with Crippen molar-refractivity contribution in [2.24, 2.45) is 0 Å². The third kappa shape index (κ3) is 4.92. The number of carbonyl (C=O) groups is 1. The summed E-state index contributed by atoms with van der Waals surface area (Å²) < 4.78 is 10.7. The molecule has 2 aromatic rings. The highest BCUT2D eigenvalue weighted by Crippen LogP contribution is 2.25. The maximum absolute atomic E-state index is 12.5. The van der Waals surface area contributed by atoms with Gasteiger partial charge in [-0.15, -0.1) is 0 Å². The van der Waals surface area contributed by atoms with Gasteiger partial charge in [0, 0.05) is 5.56 Å². The summed E-state index contributed by atoms with van der Waals surface area (Å²) in [6.07, 6.45) is 1.49. The molecule has 0 spiro atoms. The Hall–Kier alpha value is -2.63. The maximum Gasteiger partial charge on any atom is 0.319 e. The predicted octanol–water partition coefficient (Wildman–Crippen LogP) is 3.82. The van der Waals surface area contributed by atoms with E-state index in [2.05, 4.69) is 36.1 Å². The van der Waals surface area contributed by atoms with Crippen molar-refractivity contribution in [1.82, 2.24) is 9.97 Å². The van der Waals surface area contributed by atoms with Gasteiger partial charge in [-0.05, 0) is 37.0 Å². The number of nitrogens with zero attached hydrogens (tertiary/aromatic N) is 2. The molecule has 1 N–H and O–H groups in total. The number of anilines is 1. The van der Waals surface area contributed by atoms with Crippen LogP contribution in [-0.4, -0.2) is 29.1 Å². The van der Waals surface area contributed by atoms with Crippen molar-refractivity contribution in [2.75, 3.05) is 18.5 Å². The molecule has 134 valence electrons. The molecule has 0 aliphatic rings. The molecule has 0 saturated heterocycles. The Balaban J connectivity index is 2.19. The lowest BCUT2D eigenvalue weighted by atomic mass is 9.87. The molecule has 0 fully saturated rings. The van der Waals surface area contributed by atoms with Crippen LogP contribution in [0.25, 0.3) is 0 Å². The summed E-state index contributed by atoms with van der Waals surface area (Å²) in [5.41, 5.74) is 2.18.